The van der Waals surface area contributed by atoms with Crippen molar-refractivity contribution in [3.8, 4) is 0 Å². The number of aromatic nitrogens is 2. The van der Waals surface area contributed by atoms with Crippen LogP contribution in [0, 0.1) is 5.82 Å². The summed E-state index contributed by atoms with van der Waals surface area (Å²) in [6.45, 7) is 0. The van der Waals surface area contributed by atoms with Crippen molar-refractivity contribution in [1.82, 2.24) is 10.1 Å². The quantitative estimate of drug-likeness (QED) is 0.372. The van der Waals surface area contributed by atoms with Gasteiger partial charge in [-0.2, -0.15) is 4.98 Å². The molecule has 2 rings (SSSR count). The SMILES string of the molecule is N/C(=N\OC(=O)c1ccccc1F)c1ncon1. The van der Waals surface area contributed by atoms with Gasteiger partial charge in [0.1, 0.15) is 5.82 Å². The van der Waals surface area contributed by atoms with E-state index in [1.165, 1.54) is 18.2 Å². The van der Waals surface area contributed by atoms with E-state index in [1.54, 1.807) is 0 Å². The standard InChI is InChI=1S/C10H7FN4O3/c11-7-4-2-1-3-6(7)10(16)18-14-8(12)9-13-5-17-15-9/h1-5H,(H2,12,14). The molecule has 0 aliphatic carbocycles. The van der Waals surface area contributed by atoms with E-state index in [-0.39, 0.29) is 17.2 Å². The first-order valence-electron chi connectivity index (χ1n) is 4.74. The van der Waals surface area contributed by atoms with E-state index in [0.29, 0.717) is 0 Å². The molecule has 1 aromatic heterocycles. The molecule has 0 radical (unpaired) electrons. The maximum absolute atomic E-state index is 13.2. The number of rotatable bonds is 3. The van der Waals surface area contributed by atoms with E-state index in [9.17, 15) is 9.18 Å². The second kappa shape index (κ2) is 5.04. The third kappa shape index (κ3) is 2.48. The van der Waals surface area contributed by atoms with Crippen molar-refractivity contribution in [2.75, 3.05) is 0 Å². The summed E-state index contributed by atoms with van der Waals surface area (Å²) in [4.78, 5) is 19.5. The zero-order valence-electron chi connectivity index (χ0n) is 8.91. The molecule has 0 aliphatic heterocycles. The molecule has 0 atom stereocenters. The molecule has 2 N–H and O–H groups in total. The Labute approximate surface area is 100 Å². The van der Waals surface area contributed by atoms with E-state index in [0.717, 1.165) is 12.5 Å². The molecule has 0 bridgehead atoms. The minimum Gasteiger partial charge on any atom is -0.378 e. The highest BCUT2D eigenvalue weighted by molar-refractivity contribution is 5.95. The fourth-order valence-electron chi connectivity index (χ4n) is 1.09. The predicted molar refractivity (Wildman–Crippen MR) is 56.8 cm³/mol. The van der Waals surface area contributed by atoms with Crippen molar-refractivity contribution in [3.05, 3.63) is 47.9 Å². The van der Waals surface area contributed by atoms with E-state index < -0.39 is 11.8 Å². The molecule has 0 fully saturated rings. The van der Waals surface area contributed by atoms with Crippen LogP contribution in [0.1, 0.15) is 16.2 Å². The smallest absolute Gasteiger partial charge is 0.368 e. The van der Waals surface area contributed by atoms with Crippen LogP contribution in [-0.2, 0) is 4.84 Å². The summed E-state index contributed by atoms with van der Waals surface area (Å²) < 4.78 is 17.6. The maximum atomic E-state index is 13.2. The summed E-state index contributed by atoms with van der Waals surface area (Å²) in [6, 6.07) is 5.33. The number of hydrogen-bond donors (Lipinski definition) is 1. The highest BCUT2D eigenvalue weighted by Gasteiger charge is 2.13. The van der Waals surface area contributed by atoms with Crippen LogP contribution >= 0.6 is 0 Å². The molecule has 0 unspecified atom stereocenters. The van der Waals surface area contributed by atoms with Crippen molar-refractivity contribution >= 4 is 11.8 Å². The molecule has 0 aliphatic rings. The summed E-state index contributed by atoms with van der Waals surface area (Å²) >= 11 is 0. The third-order valence-electron chi connectivity index (χ3n) is 1.91. The zero-order valence-corrected chi connectivity index (χ0v) is 8.91. The van der Waals surface area contributed by atoms with Crippen LogP contribution in [0.5, 0.6) is 0 Å². The second-order valence-corrected chi connectivity index (χ2v) is 3.09. The molecule has 0 amide bonds. The first kappa shape index (κ1) is 11.7. The Morgan fingerprint density at radius 3 is 2.89 bits per heavy atom. The van der Waals surface area contributed by atoms with Gasteiger partial charge < -0.3 is 15.1 Å². The topological polar surface area (TPSA) is 104 Å². The number of oxime groups is 1. The number of nitrogens with two attached hydrogens (primary N) is 1. The number of carbonyl (C=O) groups is 1. The Morgan fingerprint density at radius 1 is 1.44 bits per heavy atom. The van der Waals surface area contributed by atoms with Gasteiger partial charge in [0.15, 0.2) is 0 Å². The van der Waals surface area contributed by atoms with Gasteiger partial charge in [0, 0.05) is 0 Å². The van der Waals surface area contributed by atoms with E-state index in [1.807, 2.05) is 0 Å². The monoisotopic (exact) mass is 250 g/mol. The molecule has 0 saturated carbocycles. The molecule has 8 heteroatoms. The van der Waals surface area contributed by atoms with Crippen LogP contribution in [-0.4, -0.2) is 21.9 Å². The Bertz CT molecular complexity index is 583. The van der Waals surface area contributed by atoms with Gasteiger partial charge in [0.05, 0.1) is 5.56 Å². The van der Waals surface area contributed by atoms with Crippen molar-refractivity contribution in [2.45, 2.75) is 0 Å². The van der Waals surface area contributed by atoms with Crippen LogP contribution in [0.15, 0.2) is 40.3 Å². The van der Waals surface area contributed by atoms with Gasteiger partial charge in [-0.3, -0.25) is 0 Å². The Hall–Kier alpha value is -2.77. The van der Waals surface area contributed by atoms with Crippen molar-refractivity contribution < 1.29 is 18.5 Å². The van der Waals surface area contributed by atoms with Gasteiger partial charge >= 0.3 is 5.97 Å². The lowest BCUT2D eigenvalue weighted by molar-refractivity contribution is 0.0510. The average Bonchev–Trinajstić information content (AvgIpc) is 2.90. The van der Waals surface area contributed by atoms with Crippen LogP contribution < -0.4 is 5.73 Å². The summed E-state index contributed by atoms with van der Waals surface area (Å²) in [5.41, 5.74) is 5.15. The first-order valence-corrected chi connectivity index (χ1v) is 4.74. The van der Waals surface area contributed by atoms with Gasteiger partial charge in [-0.05, 0) is 12.1 Å². The van der Waals surface area contributed by atoms with Crippen LogP contribution in [0.4, 0.5) is 4.39 Å². The Morgan fingerprint density at radius 2 is 2.22 bits per heavy atom. The van der Waals surface area contributed by atoms with Gasteiger partial charge in [-0.25, -0.2) is 9.18 Å². The molecule has 7 nitrogen and oxygen atoms in total. The maximum Gasteiger partial charge on any atom is 0.368 e. The number of carbonyl (C=O) groups excluding carboxylic acids is 1. The lowest BCUT2D eigenvalue weighted by Crippen LogP contribution is -2.17. The number of halogens is 1. The van der Waals surface area contributed by atoms with Crippen molar-refractivity contribution in [3.63, 3.8) is 0 Å². The highest BCUT2D eigenvalue weighted by Crippen LogP contribution is 2.08. The average molecular weight is 250 g/mol. The van der Waals surface area contributed by atoms with E-state index >= 15 is 0 Å². The number of nitrogens with zero attached hydrogens (tertiary/aromatic N) is 3. The molecule has 1 heterocycles. The summed E-state index contributed by atoms with van der Waals surface area (Å²) in [5.74, 6) is -1.97. The normalized spacial score (nSPS) is 11.3. The minimum atomic E-state index is -0.973. The molecule has 92 valence electrons. The largest absolute Gasteiger partial charge is 0.378 e. The Kier molecular flexibility index (Phi) is 3.28. The van der Waals surface area contributed by atoms with Crippen molar-refractivity contribution in [1.29, 1.82) is 0 Å². The van der Waals surface area contributed by atoms with Gasteiger partial charge in [0.2, 0.25) is 18.1 Å². The lowest BCUT2D eigenvalue weighted by Gasteiger charge is -1.99. The molecule has 0 saturated heterocycles. The van der Waals surface area contributed by atoms with E-state index in [2.05, 4.69) is 24.7 Å². The molecule has 2 aromatic rings. The Balaban J connectivity index is 2.09. The second-order valence-electron chi connectivity index (χ2n) is 3.09. The third-order valence-corrected chi connectivity index (χ3v) is 1.91. The van der Waals surface area contributed by atoms with Gasteiger partial charge in [-0.15, -0.1) is 0 Å². The first-order chi connectivity index (χ1) is 8.68. The number of hydrogen-bond acceptors (Lipinski definition) is 6. The number of benzene rings is 1. The van der Waals surface area contributed by atoms with Crippen LogP contribution in [0.3, 0.4) is 0 Å². The number of amidine groups is 1. The summed E-state index contributed by atoms with van der Waals surface area (Å²) in [7, 11) is 0. The molecular weight excluding hydrogens is 243 g/mol. The predicted octanol–water partition coefficient (Wildman–Crippen LogP) is 0.686. The van der Waals surface area contributed by atoms with Crippen LogP contribution in [0.2, 0.25) is 0 Å². The fraction of sp³-hybridized carbons (Fsp3) is 0. The molecular formula is C10H7FN4O3. The molecule has 0 spiro atoms. The zero-order chi connectivity index (χ0) is 13.0. The molecule has 1 aromatic carbocycles. The highest BCUT2D eigenvalue weighted by atomic mass is 19.1. The van der Waals surface area contributed by atoms with Gasteiger partial charge in [0.25, 0.3) is 0 Å². The summed E-state index contributed by atoms with van der Waals surface area (Å²) in [6.07, 6.45) is 1.04. The van der Waals surface area contributed by atoms with Crippen LogP contribution in [0.25, 0.3) is 0 Å². The van der Waals surface area contributed by atoms with E-state index in [4.69, 9.17) is 5.73 Å². The fourth-order valence-corrected chi connectivity index (χ4v) is 1.09. The lowest BCUT2D eigenvalue weighted by atomic mass is 10.2. The molecule has 18 heavy (non-hydrogen) atoms. The van der Waals surface area contributed by atoms with Crippen molar-refractivity contribution in [2.24, 2.45) is 10.9 Å². The minimum absolute atomic E-state index is 0.0312. The summed E-state index contributed by atoms with van der Waals surface area (Å²) in [5, 5.41) is 6.65. The van der Waals surface area contributed by atoms with Gasteiger partial charge in [-0.1, -0.05) is 22.4 Å².